The standard InChI is InChI=1S/2C22H25.C2H4BN2O2.2ClH.Zr/c2*1-14(2)9-18-12-19-7-6-8-20(22(19)13-18)21-11-15(3)10-16(4)17(21)5;6-1-4-3-5-2-7;;;/h2*6-8,10-14H,9H2,1-5H3;1-2H,(H,4,6)(H,5,7);2*1H;/q2*-1;;;;+4/p-2. The summed E-state index contributed by atoms with van der Waals surface area (Å²) >= 11 is -0.826. The van der Waals surface area contributed by atoms with Crippen LogP contribution in [0.1, 0.15) is 72.2 Å². The Morgan fingerprint density at radius 3 is 1.31 bits per heavy atom. The molecule has 0 aliphatic carbocycles. The molecule has 6 rings (SSSR count). The van der Waals surface area contributed by atoms with Crippen LogP contribution in [0.5, 0.6) is 0 Å². The van der Waals surface area contributed by atoms with Crippen LogP contribution in [0.25, 0.3) is 43.8 Å². The number of carbonyl (C=O) groups excluding carboxylic acids is 2. The molecule has 0 saturated heterocycles. The number of rotatable bonds is 10. The fourth-order valence-electron chi connectivity index (χ4n) is 7.00. The SMILES string of the molecule is Cc1cc(C)c(C)c(-c2cccc3[cH-]c(CC(C)C)cc23)c1.Cc1cc(C)c(C)c(-c2cccc3[cH-]c(CC(C)C)cc23)c1.O=CN[B]NC=O.[Cl][Zr+2][Cl]. The summed E-state index contributed by atoms with van der Waals surface area (Å²) in [4.78, 5) is 18.8. The predicted octanol–water partition coefficient (Wildman–Crippen LogP) is 12.1. The Morgan fingerprint density at radius 1 is 0.611 bits per heavy atom. The molecule has 0 fully saturated rings. The van der Waals surface area contributed by atoms with Crippen molar-refractivity contribution in [1.29, 1.82) is 0 Å². The Morgan fingerprint density at radius 2 is 0.981 bits per heavy atom. The molecule has 0 unspecified atom stereocenters. The molecular weight excluding hydrogens is 785 g/mol. The van der Waals surface area contributed by atoms with Crippen molar-refractivity contribution in [3.63, 3.8) is 0 Å². The van der Waals surface area contributed by atoms with Gasteiger partial charge in [0.05, 0.1) is 0 Å². The molecule has 6 aromatic rings. The fraction of sp³-hybridized carbons (Fsp3) is 0.304. The molecule has 2 N–H and O–H groups in total. The molecule has 0 spiro atoms. The van der Waals surface area contributed by atoms with Crippen LogP contribution in [0.4, 0.5) is 0 Å². The number of benzene rings is 4. The number of amides is 2. The van der Waals surface area contributed by atoms with Gasteiger partial charge in [0.1, 0.15) is 0 Å². The van der Waals surface area contributed by atoms with Crippen LogP contribution in [0.3, 0.4) is 0 Å². The number of halogens is 2. The summed E-state index contributed by atoms with van der Waals surface area (Å²) in [5.41, 5.74) is 16.6. The van der Waals surface area contributed by atoms with E-state index in [1.165, 1.54) is 88.3 Å². The Hall–Kier alpha value is -3.43. The van der Waals surface area contributed by atoms with Crippen LogP contribution in [-0.4, -0.2) is 20.4 Å². The third kappa shape index (κ3) is 12.8. The molecule has 281 valence electrons. The van der Waals surface area contributed by atoms with Crippen molar-refractivity contribution < 1.29 is 30.4 Å². The summed E-state index contributed by atoms with van der Waals surface area (Å²) in [6.07, 6.45) is 3.22. The Balaban J connectivity index is 0.000000233. The van der Waals surface area contributed by atoms with Crippen molar-refractivity contribution in [2.45, 2.75) is 82.1 Å². The van der Waals surface area contributed by atoms with Gasteiger partial charge in [0.2, 0.25) is 0 Å². The van der Waals surface area contributed by atoms with Gasteiger partial charge in [0.15, 0.2) is 12.8 Å². The summed E-state index contributed by atoms with van der Waals surface area (Å²) in [6.45, 7) is 22.4. The van der Waals surface area contributed by atoms with Gasteiger partial charge in [-0.15, -0.1) is 69.1 Å². The molecule has 0 saturated carbocycles. The van der Waals surface area contributed by atoms with E-state index in [9.17, 15) is 9.59 Å². The van der Waals surface area contributed by atoms with Gasteiger partial charge >= 0.3 is 45.4 Å². The number of aryl methyl sites for hydroxylation is 4. The number of carbonyl (C=O) groups is 2. The zero-order chi connectivity index (χ0) is 39.9. The van der Waals surface area contributed by atoms with Gasteiger partial charge in [-0.3, -0.25) is 9.59 Å². The predicted molar refractivity (Wildman–Crippen MR) is 231 cm³/mol. The maximum atomic E-state index is 9.38. The van der Waals surface area contributed by atoms with E-state index in [-0.39, 0.29) is 0 Å². The van der Waals surface area contributed by atoms with Gasteiger partial charge in [-0.05, 0) is 99.6 Å². The first-order valence-corrected chi connectivity index (χ1v) is 24.8. The summed E-state index contributed by atoms with van der Waals surface area (Å²) in [6, 6.07) is 32.1. The van der Waals surface area contributed by atoms with Crippen molar-refractivity contribution in [1.82, 2.24) is 10.5 Å². The van der Waals surface area contributed by atoms with Crippen LogP contribution < -0.4 is 10.5 Å². The number of hydrogen-bond acceptors (Lipinski definition) is 2. The Kier molecular flexibility index (Phi) is 18.5. The second-order valence-electron chi connectivity index (χ2n) is 14.8. The average molecular weight is 840 g/mol. The molecule has 54 heavy (non-hydrogen) atoms. The first kappa shape index (κ1) is 45.0. The number of nitrogens with one attached hydrogen (secondary N) is 2. The molecule has 0 aliphatic rings. The van der Waals surface area contributed by atoms with E-state index < -0.39 is 20.8 Å². The molecule has 4 nitrogen and oxygen atoms in total. The van der Waals surface area contributed by atoms with Crippen molar-refractivity contribution in [3.8, 4) is 22.3 Å². The number of hydrogen-bond donors (Lipinski definition) is 2. The van der Waals surface area contributed by atoms with Crippen molar-refractivity contribution in [3.05, 3.63) is 129 Å². The van der Waals surface area contributed by atoms with Gasteiger partial charge < -0.3 is 10.5 Å². The summed E-state index contributed by atoms with van der Waals surface area (Å²) in [5, 5.41) is 9.73. The van der Waals surface area contributed by atoms with E-state index in [0.29, 0.717) is 24.7 Å². The second kappa shape index (κ2) is 22.2. The molecule has 8 heteroatoms. The third-order valence-electron chi connectivity index (χ3n) is 9.42. The normalized spacial score (nSPS) is 10.4. The second-order valence-corrected chi connectivity index (χ2v) is 18.6. The van der Waals surface area contributed by atoms with E-state index in [4.69, 9.17) is 17.0 Å². The molecule has 0 bridgehead atoms. The Labute approximate surface area is 343 Å². The summed E-state index contributed by atoms with van der Waals surface area (Å²) < 4.78 is 0. The van der Waals surface area contributed by atoms with E-state index in [1.54, 1.807) is 0 Å². The minimum atomic E-state index is -0.826. The molecule has 6 aromatic carbocycles. The van der Waals surface area contributed by atoms with E-state index in [1.807, 2.05) is 0 Å². The zero-order valence-corrected chi connectivity index (χ0v) is 37.4. The van der Waals surface area contributed by atoms with Crippen molar-refractivity contribution in [2.24, 2.45) is 11.8 Å². The first-order valence-electron chi connectivity index (χ1n) is 18.4. The van der Waals surface area contributed by atoms with Gasteiger partial charge in [-0.25, -0.2) is 0 Å². The molecule has 0 atom stereocenters. The van der Waals surface area contributed by atoms with Gasteiger partial charge in [0, 0.05) is 0 Å². The summed E-state index contributed by atoms with van der Waals surface area (Å²) in [7, 11) is 11.0. The molecule has 0 heterocycles. The van der Waals surface area contributed by atoms with Crippen LogP contribution in [0.2, 0.25) is 0 Å². The minimum absolute atomic E-state index is 0.455. The summed E-state index contributed by atoms with van der Waals surface area (Å²) in [5.74, 6) is 1.39. The van der Waals surface area contributed by atoms with Gasteiger partial charge in [0.25, 0.3) is 0 Å². The van der Waals surface area contributed by atoms with E-state index in [0.717, 1.165) is 20.4 Å². The average Bonchev–Trinajstić information content (AvgIpc) is 3.71. The topological polar surface area (TPSA) is 58.2 Å². The molecule has 2 amide bonds. The molecule has 0 aromatic heterocycles. The van der Waals surface area contributed by atoms with Crippen LogP contribution >= 0.6 is 17.0 Å². The first-order chi connectivity index (χ1) is 25.7. The Bertz CT molecular complexity index is 1980. The molecule has 0 aliphatic heterocycles. The fourth-order valence-corrected chi connectivity index (χ4v) is 7.00. The third-order valence-corrected chi connectivity index (χ3v) is 9.42. The van der Waals surface area contributed by atoms with Crippen LogP contribution in [0.15, 0.2) is 84.9 Å². The van der Waals surface area contributed by atoms with E-state index in [2.05, 4.69) is 165 Å². The van der Waals surface area contributed by atoms with E-state index >= 15 is 0 Å². The van der Waals surface area contributed by atoms with Crippen molar-refractivity contribution in [2.75, 3.05) is 0 Å². The monoisotopic (exact) mass is 837 g/mol. The molecule has 1 radical (unpaired) electrons. The maximum absolute atomic E-state index is 9.38. The van der Waals surface area contributed by atoms with Crippen molar-refractivity contribution >= 4 is 58.9 Å². The van der Waals surface area contributed by atoms with Crippen LogP contribution in [-0.2, 0) is 43.3 Å². The molecular formula is C46H54BCl2N2O2Zr. The number of fused-ring (bicyclic) bond motifs is 2. The van der Waals surface area contributed by atoms with Gasteiger partial charge in [-0.2, -0.15) is 12.1 Å². The quantitative estimate of drug-likeness (QED) is 0.0625. The van der Waals surface area contributed by atoms with Crippen LogP contribution in [0, 0.1) is 53.4 Å². The zero-order valence-electron chi connectivity index (χ0n) is 33.5. The van der Waals surface area contributed by atoms with Gasteiger partial charge in [-0.1, -0.05) is 86.3 Å².